The molecule has 4 nitrogen and oxygen atoms in total. The first-order valence-corrected chi connectivity index (χ1v) is 3.38. The van der Waals surface area contributed by atoms with Crippen molar-refractivity contribution >= 4 is 11.8 Å². The van der Waals surface area contributed by atoms with E-state index in [1.165, 1.54) is 6.92 Å². The number of esters is 1. The lowest BCUT2D eigenvalue weighted by Crippen LogP contribution is -2.12. The number of carbonyl (C=O) groups excluding carboxylic acids is 2. The lowest BCUT2D eigenvalue weighted by atomic mass is 10.5. The molecule has 0 aliphatic heterocycles. The summed E-state index contributed by atoms with van der Waals surface area (Å²) in [5, 5.41) is 7.57. The zero-order chi connectivity index (χ0) is 9.28. The lowest BCUT2D eigenvalue weighted by molar-refractivity contribution is -0.152. The van der Waals surface area contributed by atoms with Gasteiger partial charge in [0.05, 0.1) is 6.61 Å². The second-order valence-corrected chi connectivity index (χ2v) is 1.59. The molecule has 0 spiro atoms. The van der Waals surface area contributed by atoms with Crippen LogP contribution in [-0.4, -0.2) is 30.1 Å². The van der Waals surface area contributed by atoms with Crippen LogP contribution in [0.3, 0.4) is 0 Å². The molecule has 0 heterocycles. The summed E-state index contributed by atoms with van der Waals surface area (Å²) in [4.78, 5) is 20.2. The van der Waals surface area contributed by atoms with Crippen LogP contribution in [0.15, 0.2) is 0 Å². The molecule has 4 heteroatoms. The molecule has 0 aromatic carbocycles. The predicted octanol–water partition coefficient (Wildman–Crippen LogP) is 0.137. The molecule has 0 atom stereocenters. The first kappa shape index (κ1) is 12.7. The third-order valence-corrected chi connectivity index (χ3v) is 0.563. The Balaban J connectivity index is 0. The van der Waals surface area contributed by atoms with Gasteiger partial charge >= 0.3 is 5.97 Å². The Morgan fingerprint density at radius 3 is 1.82 bits per heavy atom. The van der Waals surface area contributed by atoms with Crippen molar-refractivity contribution < 1.29 is 19.4 Å². The molecule has 0 amide bonds. The molecule has 11 heavy (non-hydrogen) atoms. The monoisotopic (exact) mass is 162 g/mol. The number of rotatable bonds is 2. The molecule has 0 aromatic rings. The fourth-order valence-electron chi connectivity index (χ4n) is 0.233. The van der Waals surface area contributed by atoms with E-state index in [9.17, 15) is 9.59 Å². The van der Waals surface area contributed by atoms with Gasteiger partial charge in [-0.25, -0.2) is 4.79 Å². The highest BCUT2D eigenvalue weighted by Crippen LogP contribution is 1.77. The molecular formula is C7H14O4. The quantitative estimate of drug-likeness (QED) is 0.463. The summed E-state index contributed by atoms with van der Waals surface area (Å²) in [7, 11) is 0. The van der Waals surface area contributed by atoms with Crippen molar-refractivity contribution in [2.24, 2.45) is 0 Å². The van der Waals surface area contributed by atoms with Crippen molar-refractivity contribution in [3.8, 4) is 0 Å². The third kappa shape index (κ3) is 12.3. The predicted molar refractivity (Wildman–Crippen MR) is 40.1 cm³/mol. The zero-order valence-corrected chi connectivity index (χ0v) is 7.09. The number of carbonyl (C=O) groups is 2. The van der Waals surface area contributed by atoms with Crippen LogP contribution in [0.4, 0.5) is 0 Å². The molecule has 0 saturated heterocycles. The molecule has 0 aliphatic rings. The van der Waals surface area contributed by atoms with Crippen molar-refractivity contribution in [1.29, 1.82) is 0 Å². The van der Waals surface area contributed by atoms with Gasteiger partial charge in [-0.3, -0.25) is 4.79 Å². The second kappa shape index (κ2) is 9.10. The molecule has 0 fully saturated rings. The van der Waals surface area contributed by atoms with E-state index in [4.69, 9.17) is 5.11 Å². The summed E-state index contributed by atoms with van der Waals surface area (Å²) in [5.74, 6) is -1.31. The highest BCUT2D eigenvalue weighted by atomic mass is 16.5. The maximum Gasteiger partial charge on any atom is 0.374 e. The van der Waals surface area contributed by atoms with Crippen LogP contribution < -0.4 is 0 Å². The highest BCUT2D eigenvalue weighted by molar-refractivity contribution is 6.32. The summed E-state index contributed by atoms with van der Waals surface area (Å²) in [6.07, 6.45) is 0. The Labute approximate surface area is 66.2 Å². The molecule has 66 valence electrons. The first-order chi connectivity index (χ1) is 5.09. The number of hydrogen-bond donors (Lipinski definition) is 1. The van der Waals surface area contributed by atoms with Gasteiger partial charge in [0.15, 0.2) is 0 Å². The smallest absolute Gasteiger partial charge is 0.374 e. The van der Waals surface area contributed by atoms with Crippen LogP contribution in [0.5, 0.6) is 0 Å². The van der Waals surface area contributed by atoms with Crippen molar-refractivity contribution in [3.05, 3.63) is 0 Å². The van der Waals surface area contributed by atoms with Crippen LogP contribution in [0.2, 0.25) is 0 Å². The molecule has 0 aliphatic carbocycles. The summed E-state index contributed by atoms with van der Waals surface area (Å²) >= 11 is 0. The Kier molecular flexibility index (Phi) is 10.5. The lowest BCUT2D eigenvalue weighted by Gasteiger charge is -1.93. The number of ether oxygens (including phenoxy) is 1. The fourth-order valence-corrected chi connectivity index (χ4v) is 0.233. The molecule has 0 bridgehead atoms. The van der Waals surface area contributed by atoms with Gasteiger partial charge in [0.1, 0.15) is 0 Å². The highest BCUT2D eigenvalue weighted by Gasteiger charge is 2.05. The van der Waals surface area contributed by atoms with Crippen molar-refractivity contribution in [2.75, 3.05) is 13.2 Å². The van der Waals surface area contributed by atoms with Gasteiger partial charge in [0.25, 0.3) is 0 Å². The molecule has 0 rings (SSSR count). The fraction of sp³-hybridized carbons (Fsp3) is 0.714. The van der Waals surface area contributed by atoms with E-state index in [1.807, 2.05) is 0 Å². The van der Waals surface area contributed by atoms with Crippen LogP contribution in [0.1, 0.15) is 20.8 Å². The molecule has 0 saturated carbocycles. The standard InChI is InChI=1S/C5H8O3.C2H6O/c1-3-8-5(7)4(2)6;1-2-3/h3H2,1-2H3;3H,2H2,1H3. The van der Waals surface area contributed by atoms with E-state index in [-0.39, 0.29) is 13.2 Å². The summed E-state index contributed by atoms with van der Waals surface area (Å²) in [6, 6.07) is 0. The minimum absolute atomic E-state index is 0.250. The Bertz CT molecular complexity index is 120. The summed E-state index contributed by atoms with van der Waals surface area (Å²) in [6.45, 7) is 5.03. The van der Waals surface area contributed by atoms with Crippen molar-refractivity contribution in [3.63, 3.8) is 0 Å². The second-order valence-electron chi connectivity index (χ2n) is 1.59. The van der Waals surface area contributed by atoms with E-state index in [0.29, 0.717) is 0 Å². The van der Waals surface area contributed by atoms with Gasteiger partial charge in [0, 0.05) is 13.5 Å². The molecular weight excluding hydrogens is 148 g/mol. The summed E-state index contributed by atoms with van der Waals surface area (Å²) in [5.41, 5.74) is 0. The summed E-state index contributed by atoms with van der Waals surface area (Å²) < 4.78 is 4.31. The maximum atomic E-state index is 10.2. The Hall–Kier alpha value is -0.900. The number of aliphatic hydroxyl groups is 1. The van der Waals surface area contributed by atoms with E-state index in [2.05, 4.69) is 4.74 Å². The topological polar surface area (TPSA) is 63.6 Å². The van der Waals surface area contributed by atoms with Gasteiger partial charge in [0.2, 0.25) is 5.78 Å². The molecule has 0 radical (unpaired) electrons. The molecule has 0 aromatic heterocycles. The SMILES string of the molecule is CCO.CCOC(=O)C(C)=O. The van der Waals surface area contributed by atoms with Crippen LogP contribution in [0.25, 0.3) is 0 Å². The van der Waals surface area contributed by atoms with Crippen molar-refractivity contribution in [1.82, 2.24) is 0 Å². The van der Waals surface area contributed by atoms with E-state index >= 15 is 0 Å². The zero-order valence-electron chi connectivity index (χ0n) is 7.09. The minimum Gasteiger partial charge on any atom is -0.460 e. The number of Topliss-reactive ketones (excluding diaryl/α,β-unsaturated/α-hetero) is 1. The van der Waals surface area contributed by atoms with Gasteiger partial charge in [-0.2, -0.15) is 0 Å². The van der Waals surface area contributed by atoms with Crippen LogP contribution in [-0.2, 0) is 14.3 Å². The Morgan fingerprint density at radius 2 is 1.73 bits per heavy atom. The average molecular weight is 162 g/mol. The molecule has 0 unspecified atom stereocenters. The van der Waals surface area contributed by atoms with Crippen LogP contribution >= 0.6 is 0 Å². The van der Waals surface area contributed by atoms with E-state index in [1.54, 1.807) is 13.8 Å². The number of ketones is 1. The molecule has 1 N–H and O–H groups in total. The normalized spacial score (nSPS) is 7.64. The van der Waals surface area contributed by atoms with Gasteiger partial charge < -0.3 is 9.84 Å². The van der Waals surface area contributed by atoms with Gasteiger partial charge in [-0.1, -0.05) is 0 Å². The number of hydrogen-bond acceptors (Lipinski definition) is 4. The van der Waals surface area contributed by atoms with E-state index < -0.39 is 11.8 Å². The third-order valence-electron chi connectivity index (χ3n) is 0.563. The largest absolute Gasteiger partial charge is 0.460 e. The first-order valence-electron chi connectivity index (χ1n) is 3.38. The Morgan fingerprint density at radius 1 is 1.36 bits per heavy atom. The van der Waals surface area contributed by atoms with Gasteiger partial charge in [-0.05, 0) is 13.8 Å². The van der Waals surface area contributed by atoms with Crippen molar-refractivity contribution in [2.45, 2.75) is 20.8 Å². The minimum atomic E-state index is -0.757. The van der Waals surface area contributed by atoms with E-state index in [0.717, 1.165) is 0 Å². The average Bonchev–Trinajstić information content (AvgIpc) is 1.90. The number of aliphatic hydroxyl groups excluding tert-OH is 1. The van der Waals surface area contributed by atoms with Crippen LogP contribution in [0, 0.1) is 0 Å². The maximum absolute atomic E-state index is 10.2. The van der Waals surface area contributed by atoms with Gasteiger partial charge in [-0.15, -0.1) is 0 Å².